The Labute approximate surface area is 139 Å². The molecule has 8 heteroatoms. The molecule has 8 nitrogen and oxygen atoms in total. The number of piperidine rings is 1. The van der Waals surface area contributed by atoms with E-state index in [1.165, 1.54) is 0 Å². The molecule has 0 aromatic carbocycles. The van der Waals surface area contributed by atoms with Crippen LogP contribution in [-0.4, -0.2) is 47.5 Å². The third-order valence-electron chi connectivity index (χ3n) is 4.81. The molecule has 1 fully saturated rings. The molecular formula is C16H21N7O. The highest BCUT2D eigenvalue weighted by Crippen LogP contribution is 2.34. The van der Waals surface area contributed by atoms with Gasteiger partial charge >= 0.3 is 0 Å². The van der Waals surface area contributed by atoms with Gasteiger partial charge < -0.3 is 14.6 Å². The largest absolute Gasteiger partial charge is 0.382 e. The van der Waals surface area contributed by atoms with Crippen LogP contribution < -0.4 is 4.90 Å². The van der Waals surface area contributed by atoms with Crippen LogP contribution in [0.25, 0.3) is 11.0 Å². The molecule has 3 aromatic heterocycles. The Hall–Kier alpha value is -2.48. The average molecular weight is 327 g/mol. The third-order valence-corrected chi connectivity index (χ3v) is 4.81. The summed E-state index contributed by atoms with van der Waals surface area (Å²) >= 11 is 0. The molecule has 0 unspecified atom stereocenters. The molecule has 4 heterocycles. The Kier molecular flexibility index (Phi) is 3.31. The van der Waals surface area contributed by atoms with Gasteiger partial charge in [0.2, 0.25) is 0 Å². The Morgan fingerprint density at radius 3 is 2.58 bits per heavy atom. The molecule has 4 rings (SSSR count). The number of imidazole rings is 1. The van der Waals surface area contributed by atoms with Gasteiger partial charge in [-0.1, -0.05) is 0 Å². The summed E-state index contributed by atoms with van der Waals surface area (Å²) in [6.07, 6.45) is 6.63. The van der Waals surface area contributed by atoms with E-state index in [2.05, 4.69) is 25.0 Å². The van der Waals surface area contributed by atoms with Gasteiger partial charge in [-0.05, 0) is 6.92 Å². The zero-order chi connectivity index (χ0) is 16.9. The van der Waals surface area contributed by atoms with E-state index in [1.54, 1.807) is 10.9 Å². The molecule has 1 aliphatic rings. The zero-order valence-corrected chi connectivity index (χ0v) is 14.1. The van der Waals surface area contributed by atoms with Gasteiger partial charge in [0.25, 0.3) is 0 Å². The number of rotatable bonds is 2. The van der Waals surface area contributed by atoms with Crippen LogP contribution >= 0.6 is 0 Å². The van der Waals surface area contributed by atoms with Gasteiger partial charge in [0.05, 0.1) is 11.6 Å². The monoisotopic (exact) mass is 327 g/mol. The molecule has 3 aromatic rings. The van der Waals surface area contributed by atoms with Gasteiger partial charge in [-0.25, -0.2) is 15.0 Å². The van der Waals surface area contributed by atoms with Gasteiger partial charge in [-0.15, -0.1) is 0 Å². The van der Waals surface area contributed by atoms with Crippen molar-refractivity contribution < 1.29 is 5.11 Å². The molecule has 24 heavy (non-hydrogen) atoms. The van der Waals surface area contributed by atoms with Crippen LogP contribution in [0.1, 0.15) is 24.5 Å². The summed E-state index contributed by atoms with van der Waals surface area (Å²) in [6.45, 7) is 3.32. The first-order valence-electron chi connectivity index (χ1n) is 8.09. The molecule has 0 bridgehead atoms. The Morgan fingerprint density at radius 1 is 1.17 bits per heavy atom. The van der Waals surface area contributed by atoms with E-state index in [9.17, 15) is 5.11 Å². The second kappa shape index (κ2) is 5.27. The Balaban J connectivity index is 1.64. The normalized spacial score (nSPS) is 17.6. The molecule has 0 spiro atoms. The van der Waals surface area contributed by atoms with Crippen molar-refractivity contribution in [1.29, 1.82) is 0 Å². The van der Waals surface area contributed by atoms with Crippen molar-refractivity contribution in [2.75, 3.05) is 18.0 Å². The van der Waals surface area contributed by atoms with Crippen molar-refractivity contribution in [2.24, 2.45) is 14.1 Å². The van der Waals surface area contributed by atoms with E-state index in [0.29, 0.717) is 25.9 Å². The molecule has 0 radical (unpaired) electrons. The lowest BCUT2D eigenvalue weighted by Gasteiger charge is -2.38. The van der Waals surface area contributed by atoms with Gasteiger partial charge in [0, 0.05) is 52.4 Å². The highest BCUT2D eigenvalue weighted by Gasteiger charge is 2.38. The van der Waals surface area contributed by atoms with Crippen LogP contribution in [0.4, 0.5) is 5.82 Å². The first-order chi connectivity index (χ1) is 11.5. The standard InChI is InChI=1S/C16H21N7O/c1-11-19-13-12(10-18-22(13)3)14(20-11)23-7-4-16(24,5-8-23)15-17-6-9-21(15)2/h6,9-10,24H,4-5,7-8H2,1-3H3. The number of aliphatic hydroxyl groups is 1. The summed E-state index contributed by atoms with van der Waals surface area (Å²) in [5.74, 6) is 2.35. The van der Waals surface area contributed by atoms with Crippen molar-refractivity contribution in [3.63, 3.8) is 0 Å². The predicted molar refractivity (Wildman–Crippen MR) is 89.6 cm³/mol. The van der Waals surface area contributed by atoms with Gasteiger partial charge in [0.15, 0.2) is 5.65 Å². The van der Waals surface area contributed by atoms with Crippen molar-refractivity contribution in [3.05, 3.63) is 30.2 Å². The maximum Gasteiger partial charge on any atom is 0.163 e. The zero-order valence-electron chi connectivity index (χ0n) is 14.1. The quantitative estimate of drug-likeness (QED) is 0.752. The summed E-state index contributed by atoms with van der Waals surface area (Å²) in [4.78, 5) is 15.6. The fourth-order valence-corrected chi connectivity index (χ4v) is 3.48. The minimum Gasteiger partial charge on any atom is -0.382 e. The minimum atomic E-state index is -0.884. The number of aryl methyl sites for hydroxylation is 3. The fourth-order valence-electron chi connectivity index (χ4n) is 3.48. The summed E-state index contributed by atoms with van der Waals surface area (Å²) in [5, 5.41) is 16.2. The summed E-state index contributed by atoms with van der Waals surface area (Å²) in [6, 6.07) is 0. The van der Waals surface area contributed by atoms with Crippen LogP contribution in [0.15, 0.2) is 18.6 Å². The second-order valence-electron chi connectivity index (χ2n) is 6.48. The SMILES string of the molecule is Cc1nc(N2CCC(O)(c3nccn3C)CC2)c2cnn(C)c2n1. The molecule has 0 atom stereocenters. The van der Waals surface area contributed by atoms with Crippen LogP contribution in [-0.2, 0) is 19.7 Å². The van der Waals surface area contributed by atoms with E-state index < -0.39 is 5.60 Å². The molecule has 0 saturated carbocycles. The molecule has 1 saturated heterocycles. The maximum atomic E-state index is 11.0. The lowest BCUT2D eigenvalue weighted by Crippen LogP contribution is -2.44. The summed E-state index contributed by atoms with van der Waals surface area (Å²) in [5.41, 5.74) is -0.0485. The van der Waals surface area contributed by atoms with E-state index in [4.69, 9.17) is 0 Å². The molecule has 1 N–H and O–H groups in total. The highest BCUT2D eigenvalue weighted by atomic mass is 16.3. The lowest BCUT2D eigenvalue weighted by molar-refractivity contribution is 0.000710. The predicted octanol–water partition coefficient (Wildman–Crippen LogP) is 0.893. The van der Waals surface area contributed by atoms with E-state index >= 15 is 0 Å². The summed E-state index contributed by atoms with van der Waals surface area (Å²) < 4.78 is 3.66. The smallest absolute Gasteiger partial charge is 0.163 e. The van der Waals surface area contributed by atoms with Crippen LogP contribution in [0.5, 0.6) is 0 Å². The first kappa shape index (κ1) is 15.1. The Morgan fingerprint density at radius 2 is 1.92 bits per heavy atom. The molecular weight excluding hydrogens is 306 g/mol. The second-order valence-corrected chi connectivity index (χ2v) is 6.48. The number of aromatic nitrogens is 6. The average Bonchev–Trinajstić information content (AvgIpc) is 3.15. The topological polar surface area (TPSA) is 84.9 Å². The number of anilines is 1. The lowest BCUT2D eigenvalue weighted by atomic mass is 9.90. The van der Waals surface area contributed by atoms with Crippen molar-refractivity contribution in [1.82, 2.24) is 29.3 Å². The van der Waals surface area contributed by atoms with Gasteiger partial charge in [-0.2, -0.15) is 5.10 Å². The molecule has 126 valence electrons. The fraction of sp³-hybridized carbons (Fsp3) is 0.500. The van der Waals surface area contributed by atoms with Crippen LogP contribution in [0, 0.1) is 6.92 Å². The number of fused-ring (bicyclic) bond motifs is 1. The minimum absolute atomic E-state index is 0.614. The van der Waals surface area contributed by atoms with Crippen molar-refractivity contribution >= 4 is 16.9 Å². The molecule has 1 aliphatic heterocycles. The van der Waals surface area contributed by atoms with Gasteiger partial charge in [-0.3, -0.25) is 4.68 Å². The Bertz CT molecular complexity index is 889. The third kappa shape index (κ3) is 2.25. The molecule has 0 amide bonds. The maximum absolute atomic E-state index is 11.0. The number of hydrogen-bond donors (Lipinski definition) is 1. The van der Waals surface area contributed by atoms with Crippen LogP contribution in [0.2, 0.25) is 0 Å². The van der Waals surface area contributed by atoms with E-state index in [0.717, 1.165) is 28.5 Å². The first-order valence-corrected chi connectivity index (χ1v) is 8.09. The number of hydrogen-bond acceptors (Lipinski definition) is 6. The van der Waals surface area contributed by atoms with Gasteiger partial charge in [0.1, 0.15) is 23.1 Å². The van der Waals surface area contributed by atoms with Crippen molar-refractivity contribution in [2.45, 2.75) is 25.4 Å². The van der Waals surface area contributed by atoms with E-state index in [1.807, 2.05) is 38.0 Å². The van der Waals surface area contributed by atoms with Crippen molar-refractivity contribution in [3.8, 4) is 0 Å². The van der Waals surface area contributed by atoms with E-state index in [-0.39, 0.29) is 0 Å². The summed E-state index contributed by atoms with van der Waals surface area (Å²) in [7, 11) is 3.80. The number of nitrogens with zero attached hydrogens (tertiary/aromatic N) is 7. The molecule has 0 aliphatic carbocycles. The highest BCUT2D eigenvalue weighted by molar-refractivity contribution is 5.87. The van der Waals surface area contributed by atoms with Crippen LogP contribution in [0.3, 0.4) is 0 Å².